The topological polar surface area (TPSA) is 55.6 Å². The SMILES string of the molecule is CCOc1cccn2c(C(=O)Nc3ccc(C(C)C)cc3)c(C)nc12. The maximum absolute atomic E-state index is 12.8. The lowest BCUT2D eigenvalue weighted by Crippen LogP contribution is -2.15. The van der Waals surface area contributed by atoms with E-state index < -0.39 is 0 Å². The van der Waals surface area contributed by atoms with Crippen LogP contribution in [0.3, 0.4) is 0 Å². The summed E-state index contributed by atoms with van der Waals surface area (Å²) in [6.07, 6.45) is 1.83. The van der Waals surface area contributed by atoms with Gasteiger partial charge in [-0.3, -0.25) is 9.20 Å². The Morgan fingerprint density at radius 2 is 1.96 bits per heavy atom. The lowest BCUT2D eigenvalue weighted by atomic mass is 10.0. The molecule has 130 valence electrons. The van der Waals surface area contributed by atoms with Gasteiger partial charge < -0.3 is 10.1 Å². The monoisotopic (exact) mass is 337 g/mol. The van der Waals surface area contributed by atoms with Gasteiger partial charge in [0.15, 0.2) is 11.4 Å². The van der Waals surface area contributed by atoms with E-state index in [-0.39, 0.29) is 5.91 Å². The number of nitrogens with zero attached hydrogens (tertiary/aromatic N) is 2. The first-order chi connectivity index (χ1) is 12.0. The van der Waals surface area contributed by atoms with Crippen molar-refractivity contribution in [2.75, 3.05) is 11.9 Å². The number of pyridine rings is 1. The normalized spacial score (nSPS) is 11.1. The molecule has 1 aromatic carbocycles. The number of aromatic nitrogens is 2. The van der Waals surface area contributed by atoms with E-state index in [9.17, 15) is 4.79 Å². The Morgan fingerprint density at radius 1 is 1.24 bits per heavy atom. The van der Waals surface area contributed by atoms with Gasteiger partial charge >= 0.3 is 0 Å². The number of fused-ring (bicyclic) bond motifs is 1. The van der Waals surface area contributed by atoms with Crippen LogP contribution < -0.4 is 10.1 Å². The van der Waals surface area contributed by atoms with Crippen molar-refractivity contribution in [3.8, 4) is 5.75 Å². The van der Waals surface area contributed by atoms with E-state index in [1.165, 1.54) is 5.56 Å². The maximum Gasteiger partial charge on any atom is 0.274 e. The van der Waals surface area contributed by atoms with Crippen LogP contribution in [0.25, 0.3) is 5.65 Å². The summed E-state index contributed by atoms with van der Waals surface area (Å²) in [5, 5.41) is 2.95. The fraction of sp³-hybridized carbons (Fsp3) is 0.300. The third-order valence-corrected chi connectivity index (χ3v) is 4.14. The number of hydrogen-bond donors (Lipinski definition) is 1. The van der Waals surface area contributed by atoms with E-state index in [1.807, 2.05) is 56.4 Å². The van der Waals surface area contributed by atoms with Crippen molar-refractivity contribution < 1.29 is 9.53 Å². The van der Waals surface area contributed by atoms with Gasteiger partial charge in [-0.15, -0.1) is 0 Å². The van der Waals surface area contributed by atoms with E-state index in [0.717, 1.165) is 5.69 Å². The van der Waals surface area contributed by atoms with Gasteiger partial charge in [0.1, 0.15) is 5.69 Å². The highest BCUT2D eigenvalue weighted by molar-refractivity contribution is 6.04. The minimum atomic E-state index is -0.184. The first-order valence-corrected chi connectivity index (χ1v) is 8.53. The van der Waals surface area contributed by atoms with Gasteiger partial charge in [0.05, 0.1) is 12.3 Å². The zero-order valence-corrected chi connectivity index (χ0v) is 15.0. The number of carbonyl (C=O) groups excluding carboxylic acids is 1. The number of amides is 1. The molecule has 3 rings (SSSR count). The first-order valence-electron chi connectivity index (χ1n) is 8.53. The summed E-state index contributed by atoms with van der Waals surface area (Å²) in [5.41, 5.74) is 3.85. The number of ether oxygens (including phenoxy) is 1. The molecule has 1 amide bonds. The molecule has 2 aromatic heterocycles. The lowest BCUT2D eigenvalue weighted by molar-refractivity contribution is 0.102. The van der Waals surface area contributed by atoms with Crippen molar-refractivity contribution in [1.82, 2.24) is 9.38 Å². The highest BCUT2D eigenvalue weighted by atomic mass is 16.5. The Kier molecular flexibility index (Phi) is 4.74. The summed E-state index contributed by atoms with van der Waals surface area (Å²) >= 11 is 0. The summed E-state index contributed by atoms with van der Waals surface area (Å²) in [7, 11) is 0. The van der Waals surface area contributed by atoms with Gasteiger partial charge in [-0.05, 0) is 49.6 Å². The largest absolute Gasteiger partial charge is 0.490 e. The number of aryl methyl sites for hydroxylation is 1. The summed E-state index contributed by atoms with van der Waals surface area (Å²) in [5.74, 6) is 0.951. The van der Waals surface area contributed by atoms with Crippen LogP contribution in [-0.2, 0) is 0 Å². The molecule has 3 aromatic rings. The average Bonchev–Trinajstić information content (AvgIpc) is 2.92. The van der Waals surface area contributed by atoms with Gasteiger partial charge in [-0.2, -0.15) is 0 Å². The second-order valence-corrected chi connectivity index (χ2v) is 6.28. The predicted octanol–water partition coefficient (Wildman–Crippen LogP) is 4.42. The molecule has 0 spiro atoms. The Labute approximate surface area is 147 Å². The third kappa shape index (κ3) is 3.36. The van der Waals surface area contributed by atoms with Crippen molar-refractivity contribution in [3.63, 3.8) is 0 Å². The minimum absolute atomic E-state index is 0.184. The van der Waals surface area contributed by atoms with E-state index in [1.54, 1.807) is 4.40 Å². The van der Waals surface area contributed by atoms with Crippen LogP contribution in [0.1, 0.15) is 48.4 Å². The van der Waals surface area contributed by atoms with E-state index >= 15 is 0 Å². The molecule has 0 bridgehead atoms. The van der Waals surface area contributed by atoms with Crippen LogP contribution in [0, 0.1) is 6.92 Å². The van der Waals surface area contributed by atoms with Crippen LogP contribution in [0.4, 0.5) is 5.69 Å². The molecule has 5 nitrogen and oxygen atoms in total. The van der Waals surface area contributed by atoms with Crippen LogP contribution in [-0.4, -0.2) is 21.9 Å². The average molecular weight is 337 g/mol. The molecule has 1 N–H and O–H groups in total. The van der Waals surface area contributed by atoms with Crippen LogP contribution in [0.5, 0.6) is 5.75 Å². The molecule has 0 aliphatic heterocycles. The number of anilines is 1. The number of imidazole rings is 1. The number of benzene rings is 1. The summed E-state index contributed by atoms with van der Waals surface area (Å²) in [6.45, 7) is 8.60. The van der Waals surface area contributed by atoms with Crippen molar-refractivity contribution in [3.05, 3.63) is 59.5 Å². The molecule has 0 saturated heterocycles. The fourth-order valence-electron chi connectivity index (χ4n) is 2.84. The lowest BCUT2D eigenvalue weighted by Gasteiger charge is -2.09. The Balaban J connectivity index is 1.92. The fourth-order valence-corrected chi connectivity index (χ4v) is 2.84. The molecule has 2 heterocycles. The van der Waals surface area contributed by atoms with E-state index in [2.05, 4.69) is 24.1 Å². The zero-order valence-electron chi connectivity index (χ0n) is 15.0. The smallest absolute Gasteiger partial charge is 0.274 e. The third-order valence-electron chi connectivity index (χ3n) is 4.14. The molecule has 0 saturated carbocycles. The zero-order chi connectivity index (χ0) is 18.0. The van der Waals surface area contributed by atoms with Gasteiger partial charge in [0, 0.05) is 11.9 Å². The molecular formula is C20H23N3O2. The molecule has 0 atom stereocenters. The number of nitrogens with one attached hydrogen (secondary N) is 1. The molecule has 0 aliphatic carbocycles. The minimum Gasteiger partial charge on any atom is -0.490 e. The summed E-state index contributed by atoms with van der Waals surface area (Å²) < 4.78 is 7.38. The molecule has 0 fully saturated rings. The summed E-state index contributed by atoms with van der Waals surface area (Å²) in [4.78, 5) is 17.3. The van der Waals surface area contributed by atoms with E-state index in [4.69, 9.17) is 4.74 Å². The molecule has 5 heteroatoms. The molecular weight excluding hydrogens is 314 g/mol. The van der Waals surface area contributed by atoms with Gasteiger partial charge in [0.2, 0.25) is 0 Å². The van der Waals surface area contributed by atoms with Crippen molar-refractivity contribution in [2.24, 2.45) is 0 Å². The van der Waals surface area contributed by atoms with Crippen LogP contribution in [0.2, 0.25) is 0 Å². The first kappa shape index (κ1) is 17.0. The van der Waals surface area contributed by atoms with Crippen LogP contribution in [0.15, 0.2) is 42.6 Å². The molecule has 25 heavy (non-hydrogen) atoms. The Bertz CT molecular complexity index is 895. The van der Waals surface area contributed by atoms with Crippen molar-refractivity contribution in [1.29, 1.82) is 0 Å². The predicted molar refractivity (Wildman–Crippen MR) is 99.6 cm³/mol. The number of hydrogen-bond acceptors (Lipinski definition) is 3. The second-order valence-electron chi connectivity index (χ2n) is 6.28. The molecule has 0 radical (unpaired) electrons. The van der Waals surface area contributed by atoms with Crippen LogP contribution >= 0.6 is 0 Å². The van der Waals surface area contributed by atoms with Gasteiger partial charge in [-0.1, -0.05) is 26.0 Å². The number of carbonyl (C=O) groups is 1. The quantitative estimate of drug-likeness (QED) is 0.750. The molecule has 0 aliphatic rings. The highest BCUT2D eigenvalue weighted by Gasteiger charge is 2.19. The Morgan fingerprint density at radius 3 is 2.60 bits per heavy atom. The Hall–Kier alpha value is -2.82. The highest BCUT2D eigenvalue weighted by Crippen LogP contribution is 2.23. The van der Waals surface area contributed by atoms with E-state index in [0.29, 0.717) is 35.3 Å². The molecule has 0 unspecified atom stereocenters. The maximum atomic E-state index is 12.8. The standard InChI is InChI=1S/C20H23N3O2/c1-5-25-17-7-6-12-23-18(14(4)21-19(17)23)20(24)22-16-10-8-15(9-11-16)13(2)3/h6-13H,5H2,1-4H3,(H,22,24). The van der Waals surface area contributed by atoms with Gasteiger partial charge in [0.25, 0.3) is 5.91 Å². The van der Waals surface area contributed by atoms with Gasteiger partial charge in [-0.25, -0.2) is 4.98 Å². The summed E-state index contributed by atoms with van der Waals surface area (Å²) in [6, 6.07) is 11.6. The van der Waals surface area contributed by atoms with Crippen molar-refractivity contribution >= 4 is 17.2 Å². The number of rotatable bonds is 5. The second kappa shape index (κ2) is 6.97. The van der Waals surface area contributed by atoms with Crippen molar-refractivity contribution in [2.45, 2.75) is 33.6 Å².